The molecule has 0 rings (SSSR count). The largest absolute Gasteiger partial charge is 0.472 e. The van der Waals surface area contributed by atoms with E-state index in [0.29, 0.717) is 17.4 Å². The van der Waals surface area contributed by atoms with Crippen LogP contribution in [0.1, 0.15) is 245 Å². The van der Waals surface area contributed by atoms with Crippen molar-refractivity contribution in [2.24, 2.45) is 0 Å². The van der Waals surface area contributed by atoms with Crippen molar-refractivity contribution in [2.45, 2.75) is 251 Å². The van der Waals surface area contributed by atoms with Gasteiger partial charge in [0.1, 0.15) is 19.8 Å². The molecule has 0 fully saturated rings. The summed E-state index contributed by atoms with van der Waals surface area (Å²) in [6.07, 6.45) is 66.9. The maximum Gasteiger partial charge on any atom is 0.472 e. The summed E-state index contributed by atoms with van der Waals surface area (Å²) < 4.78 is 34.5. The lowest BCUT2D eigenvalue weighted by Gasteiger charge is -2.24. The van der Waals surface area contributed by atoms with Gasteiger partial charge >= 0.3 is 19.8 Å². The van der Waals surface area contributed by atoms with Crippen LogP contribution in [0.25, 0.3) is 0 Å². The second kappa shape index (κ2) is 51.4. The van der Waals surface area contributed by atoms with Crippen molar-refractivity contribution in [2.75, 3.05) is 47.5 Å². The Balaban J connectivity index is 4.18. The van der Waals surface area contributed by atoms with E-state index in [1.165, 1.54) is 141 Å². The van der Waals surface area contributed by atoms with E-state index >= 15 is 0 Å². The number of esters is 2. The standard InChI is InChI=1S/C60H108NO8P/c1-6-8-10-12-14-16-18-20-22-24-26-27-28-29-30-31-32-33-35-36-38-40-42-44-46-48-50-52-59(62)66-56-58(57-68-70(64,65)67-55-54-61(3,4)5)69-60(63)53-51-49-47-45-43-41-39-37-34-25-23-21-19-17-15-13-11-9-7-2/h9,11,15,17,21,23-24,26,34,37,41,43,58H,6-8,10,12-14,16,18-20,22,25,27-33,35-36,38-40,42,44-57H2,1-5H3/p+1/b11-9-,17-15-,23-21-,26-24-,37-34-,43-41-. The summed E-state index contributed by atoms with van der Waals surface area (Å²) in [5.41, 5.74) is 0. The van der Waals surface area contributed by atoms with Crippen molar-refractivity contribution in [1.82, 2.24) is 0 Å². The molecule has 0 aromatic rings. The lowest BCUT2D eigenvalue weighted by atomic mass is 10.0. The second-order valence-electron chi connectivity index (χ2n) is 20.3. The van der Waals surface area contributed by atoms with Gasteiger partial charge in [0.15, 0.2) is 6.10 Å². The van der Waals surface area contributed by atoms with E-state index in [0.717, 1.165) is 70.6 Å². The molecule has 0 radical (unpaired) electrons. The Morgan fingerprint density at radius 1 is 0.457 bits per heavy atom. The highest BCUT2D eigenvalue weighted by atomic mass is 31.2. The van der Waals surface area contributed by atoms with Crippen molar-refractivity contribution < 1.29 is 42.1 Å². The number of hydrogen-bond donors (Lipinski definition) is 1. The van der Waals surface area contributed by atoms with E-state index in [2.05, 4.69) is 86.8 Å². The number of phosphoric ester groups is 1. The highest BCUT2D eigenvalue weighted by Crippen LogP contribution is 2.43. The average Bonchev–Trinajstić information content (AvgIpc) is 3.32. The maximum absolute atomic E-state index is 12.8. The highest BCUT2D eigenvalue weighted by molar-refractivity contribution is 7.47. The van der Waals surface area contributed by atoms with E-state index in [1.54, 1.807) is 0 Å². The summed E-state index contributed by atoms with van der Waals surface area (Å²) in [6, 6.07) is 0. The van der Waals surface area contributed by atoms with Gasteiger partial charge in [-0.3, -0.25) is 18.6 Å². The van der Waals surface area contributed by atoms with E-state index in [9.17, 15) is 19.0 Å². The van der Waals surface area contributed by atoms with Gasteiger partial charge in [-0.2, -0.15) is 0 Å². The third-order valence-electron chi connectivity index (χ3n) is 12.2. The topological polar surface area (TPSA) is 108 Å². The summed E-state index contributed by atoms with van der Waals surface area (Å²) >= 11 is 0. The molecule has 2 atom stereocenters. The minimum atomic E-state index is -4.40. The fourth-order valence-corrected chi connectivity index (χ4v) is 8.54. The molecule has 2 unspecified atom stereocenters. The van der Waals surface area contributed by atoms with Crippen LogP contribution >= 0.6 is 7.82 Å². The van der Waals surface area contributed by atoms with Gasteiger partial charge in [0.05, 0.1) is 27.7 Å². The zero-order chi connectivity index (χ0) is 51.3. The number of likely N-dealkylation sites (N-methyl/N-ethyl adjacent to an activating group) is 1. The molecule has 0 aromatic heterocycles. The average molecular weight is 1000 g/mol. The lowest BCUT2D eigenvalue weighted by Crippen LogP contribution is -2.37. The van der Waals surface area contributed by atoms with Gasteiger partial charge in [-0.1, -0.05) is 222 Å². The van der Waals surface area contributed by atoms with Crippen LogP contribution in [0.3, 0.4) is 0 Å². The number of ether oxygens (including phenoxy) is 2. The van der Waals surface area contributed by atoms with Crippen LogP contribution in [-0.2, 0) is 32.7 Å². The number of nitrogens with zero attached hydrogens (tertiary/aromatic N) is 1. The molecule has 0 aliphatic heterocycles. The Labute approximate surface area is 431 Å². The molecule has 9 nitrogen and oxygen atoms in total. The summed E-state index contributed by atoms with van der Waals surface area (Å²) in [4.78, 5) is 35.6. The number of carbonyl (C=O) groups excluding carboxylic acids is 2. The van der Waals surface area contributed by atoms with Crippen LogP contribution in [0.2, 0.25) is 0 Å². The smallest absolute Gasteiger partial charge is 0.462 e. The van der Waals surface area contributed by atoms with Gasteiger partial charge in [-0.05, 0) is 83.5 Å². The van der Waals surface area contributed by atoms with Crippen LogP contribution in [-0.4, -0.2) is 74.9 Å². The lowest BCUT2D eigenvalue weighted by molar-refractivity contribution is -0.870. The summed E-state index contributed by atoms with van der Waals surface area (Å²) in [6.45, 7) is 4.29. The van der Waals surface area contributed by atoms with Gasteiger partial charge < -0.3 is 18.9 Å². The predicted molar refractivity (Wildman–Crippen MR) is 298 cm³/mol. The Morgan fingerprint density at radius 2 is 0.814 bits per heavy atom. The Bertz CT molecular complexity index is 1410. The van der Waals surface area contributed by atoms with Gasteiger partial charge in [0.2, 0.25) is 0 Å². The minimum absolute atomic E-state index is 0.0225. The fraction of sp³-hybridized carbons (Fsp3) is 0.767. The first-order valence-electron chi connectivity index (χ1n) is 28.7. The molecule has 0 saturated carbocycles. The van der Waals surface area contributed by atoms with E-state index in [4.69, 9.17) is 18.5 Å². The second-order valence-corrected chi connectivity index (χ2v) is 21.7. The number of unbranched alkanes of at least 4 members (excludes halogenated alkanes) is 26. The fourth-order valence-electron chi connectivity index (χ4n) is 7.80. The summed E-state index contributed by atoms with van der Waals surface area (Å²) in [7, 11) is 1.45. The molecular weight excluding hydrogens is 894 g/mol. The molecule has 10 heteroatoms. The molecule has 70 heavy (non-hydrogen) atoms. The first kappa shape index (κ1) is 67.5. The molecule has 0 aromatic carbocycles. The number of phosphoric acid groups is 1. The zero-order valence-electron chi connectivity index (χ0n) is 46.0. The Hall–Kier alpha value is -2.55. The highest BCUT2D eigenvalue weighted by Gasteiger charge is 2.27. The molecule has 0 saturated heterocycles. The molecule has 0 spiro atoms. The molecule has 1 N–H and O–H groups in total. The normalized spacial score (nSPS) is 13.9. The van der Waals surface area contributed by atoms with Crippen molar-refractivity contribution in [1.29, 1.82) is 0 Å². The zero-order valence-corrected chi connectivity index (χ0v) is 46.9. The van der Waals surface area contributed by atoms with Gasteiger partial charge in [0, 0.05) is 12.8 Å². The van der Waals surface area contributed by atoms with E-state index in [1.807, 2.05) is 21.1 Å². The number of quaternary nitrogens is 1. The number of hydrogen-bond acceptors (Lipinski definition) is 7. The Kier molecular flexibility index (Phi) is 49.5. The number of allylic oxidation sites excluding steroid dienone is 12. The van der Waals surface area contributed by atoms with Gasteiger partial charge in [-0.25, -0.2) is 4.57 Å². The van der Waals surface area contributed by atoms with Crippen LogP contribution in [0.15, 0.2) is 72.9 Å². The quantitative estimate of drug-likeness (QED) is 0.0211. The van der Waals surface area contributed by atoms with Crippen LogP contribution in [0.4, 0.5) is 0 Å². The molecule has 406 valence electrons. The predicted octanol–water partition coefficient (Wildman–Crippen LogP) is 17.7. The molecule has 0 aliphatic carbocycles. The van der Waals surface area contributed by atoms with Crippen LogP contribution < -0.4 is 0 Å². The monoisotopic (exact) mass is 1000 g/mol. The van der Waals surface area contributed by atoms with Crippen molar-refractivity contribution in [3.8, 4) is 0 Å². The van der Waals surface area contributed by atoms with E-state index in [-0.39, 0.29) is 32.0 Å². The molecule has 0 heterocycles. The number of rotatable bonds is 52. The van der Waals surface area contributed by atoms with Crippen molar-refractivity contribution in [3.05, 3.63) is 72.9 Å². The summed E-state index contributed by atoms with van der Waals surface area (Å²) in [5, 5.41) is 0. The molecule has 0 aliphatic rings. The first-order valence-corrected chi connectivity index (χ1v) is 30.2. The SMILES string of the molecule is CC/C=C\C/C=C\C/C=C\C/C=C\C/C=C\CCCCCC(=O)OC(COC(=O)CCCCCCCCCCCCCCCCC/C=C\CCCCCCCCCC)COP(=O)(O)OCC[N+](C)(C)C. The van der Waals surface area contributed by atoms with Crippen molar-refractivity contribution >= 4 is 19.8 Å². The summed E-state index contributed by atoms with van der Waals surface area (Å²) in [5.74, 6) is -0.832. The molecule has 0 amide bonds. The third-order valence-corrected chi connectivity index (χ3v) is 13.2. The van der Waals surface area contributed by atoms with Gasteiger partial charge in [0.25, 0.3) is 0 Å². The Morgan fingerprint density at radius 3 is 1.24 bits per heavy atom. The maximum atomic E-state index is 12.8. The molecule has 0 bridgehead atoms. The molecular formula is C60H109NO8P+. The number of carbonyl (C=O) groups is 2. The van der Waals surface area contributed by atoms with Crippen LogP contribution in [0.5, 0.6) is 0 Å². The van der Waals surface area contributed by atoms with Crippen LogP contribution in [0, 0.1) is 0 Å². The van der Waals surface area contributed by atoms with Crippen molar-refractivity contribution in [3.63, 3.8) is 0 Å². The third kappa shape index (κ3) is 54.8. The first-order chi connectivity index (χ1) is 34.0. The van der Waals surface area contributed by atoms with Gasteiger partial charge in [-0.15, -0.1) is 0 Å². The van der Waals surface area contributed by atoms with E-state index < -0.39 is 26.5 Å². The minimum Gasteiger partial charge on any atom is -0.462 e.